The number of hydrogen-bond donors (Lipinski definition) is 1. The zero-order valence-electron chi connectivity index (χ0n) is 11.5. The van der Waals surface area contributed by atoms with Gasteiger partial charge in [-0.05, 0) is 30.2 Å². The number of hydrogen-bond acceptors (Lipinski definition) is 2. The highest BCUT2D eigenvalue weighted by atomic mass is 16.3. The summed E-state index contributed by atoms with van der Waals surface area (Å²) in [6, 6.07) is 16.1. The zero-order valence-corrected chi connectivity index (χ0v) is 11.5. The van der Waals surface area contributed by atoms with Crippen LogP contribution in [0.15, 0.2) is 48.5 Å². The van der Waals surface area contributed by atoms with Crippen LogP contribution in [0.25, 0.3) is 0 Å². The van der Waals surface area contributed by atoms with Crippen molar-refractivity contribution in [1.82, 2.24) is 0 Å². The predicted molar refractivity (Wildman–Crippen MR) is 81.3 cm³/mol. The third-order valence-corrected chi connectivity index (χ3v) is 3.63. The number of benzene rings is 2. The Kier molecular flexibility index (Phi) is 3.45. The topological polar surface area (TPSA) is 23.5 Å². The van der Waals surface area contributed by atoms with E-state index in [-0.39, 0.29) is 0 Å². The maximum Gasteiger partial charge on any atom is 0.126 e. The van der Waals surface area contributed by atoms with E-state index in [1.165, 1.54) is 0 Å². The lowest BCUT2D eigenvalue weighted by molar-refractivity contribution is 0.162. The van der Waals surface area contributed by atoms with Crippen molar-refractivity contribution in [3.05, 3.63) is 65.2 Å². The first kappa shape index (κ1) is 12.8. The summed E-state index contributed by atoms with van der Waals surface area (Å²) in [7, 11) is 0. The molecule has 3 rings (SSSR count). The Bertz CT molecular complexity index is 681. The molecule has 1 heterocycles. The summed E-state index contributed by atoms with van der Waals surface area (Å²) in [6.07, 6.45) is 0.188. The van der Waals surface area contributed by atoms with Crippen molar-refractivity contribution in [2.75, 3.05) is 4.90 Å². The van der Waals surface area contributed by atoms with E-state index in [0.29, 0.717) is 13.0 Å². The van der Waals surface area contributed by atoms with Gasteiger partial charge < -0.3 is 10.0 Å². The van der Waals surface area contributed by atoms with Crippen LogP contribution >= 0.6 is 0 Å². The molecule has 2 nitrogen and oxygen atoms in total. The third kappa shape index (κ3) is 2.29. The largest absolute Gasteiger partial charge is 0.374 e. The van der Waals surface area contributed by atoms with Crippen LogP contribution in [-0.2, 0) is 6.54 Å². The Labute approximate surface area is 119 Å². The van der Waals surface area contributed by atoms with Crippen LogP contribution in [0.2, 0.25) is 0 Å². The predicted octanol–water partition coefficient (Wildman–Crippen LogP) is 3.13. The summed E-state index contributed by atoms with van der Waals surface area (Å²) in [5.41, 5.74) is 4.16. The van der Waals surface area contributed by atoms with Gasteiger partial charge in [-0.25, -0.2) is 0 Å². The van der Waals surface area contributed by atoms with E-state index >= 15 is 0 Å². The van der Waals surface area contributed by atoms with E-state index in [0.717, 1.165) is 22.4 Å². The second-order valence-electron chi connectivity index (χ2n) is 4.94. The minimum absolute atomic E-state index is 0.496. The molecule has 0 aliphatic carbocycles. The summed E-state index contributed by atoms with van der Waals surface area (Å²) in [5.74, 6) is 6.47. The minimum Gasteiger partial charge on any atom is -0.374 e. The highest BCUT2D eigenvalue weighted by Gasteiger charge is 2.19. The first-order valence-corrected chi connectivity index (χ1v) is 6.93. The molecule has 2 aromatic carbocycles. The number of rotatable bonds is 2. The second kappa shape index (κ2) is 5.40. The van der Waals surface area contributed by atoms with Crippen LogP contribution in [-0.4, -0.2) is 11.3 Å². The maximum atomic E-state index is 10.3. The van der Waals surface area contributed by atoms with Gasteiger partial charge in [0, 0.05) is 17.7 Å². The van der Waals surface area contributed by atoms with Gasteiger partial charge >= 0.3 is 0 Å². The Morgan fingerprint density at radius 1 is 1.05 bits per heavy atom. The Morgan fingerprint density at radius 2 is 1.70 bits per heavy atom. The first-order valence-electron chi connectivity index (χ1n) is 6.93. The third-order valence-electron chi connectivity index (χ3n) is 3.63. The molecule has 1 aliphatic heterocycles. The molecule has 1 atom stereocenters. The summed E-state index contributed by atoms with van der Waals surface area (Å²) in [5, 5.41) is 10.3. The maximum absolute atomic E-state index is 10.3. The monoisotopic (exact) mass is 263 g/mol. The number of para-hydroxylation sites is 1. The first-order chi connectivity index (χ1) is 9.79. The molecule has 2 aromatic rings. The van der Waals surface area contributed by atoms with Crippen molar-refractivity contribution < 1.29 is 5.11 Å². The molecular formula is C18H17NO. The molecule has 0 fully saturated rings. The van der Waals surface area contributed by atoms with Gasteiger partial charge in [0.05, 0.1) is 5.69 Å². The molecule has 0 radical (unpaired) electrons. The normalized spacial score (nSPS) is 14.2. The van der Waals surface area contributed by atoms with E-state index < -0.39 is 6.23 Å². The van der Waals surface area contributed by atoms with Gasteiger partial charge in [0.25, 0.3) is 0 Å². The lowest BCUT2D eigenvalue weighted by Crippen LogP contribution is -2.35. The number of fused-ring (bicyclic) bond motifs is 2. The molecule has 0 amide bonds. The van der Waals surface area contributed by atoms with E-state index in [9.17, 15) is 5.11 Å². The smallest absolute Gasteiger partial charge is 0.126 e. The van der Waals surface area contributed by atoms with Crippen molar-refractivity contribution in [3.63, 3.8) is 0 Å². The van der Waals surface area contributed by atoms with Crippen molar-refractivity contribution >= 4 is 5.69 Å². The Morgan fingerprint density at radius 3 is 2.50 bits per heavy atom. The molecular weight excluding hydrogens is 246 g/mol. The van der Waals surface area contributed by atoms with Gasteiger partial charge in [0.2, 0.25) is 0 Å². The lowest BCUT2D eigenvalue weighted by atomic mass is 10.0. The fourth-order valence-corrected chi connectivity index (χ4v) is 2.50. The van der Waals surface area contributed by atoms with Crippen molar-refractivity contribution in [2.45, 2.75) is 26.1 Å². The number of anilines is 1. The van der Waals surface area contributed by atoms with E-state index in [1.54, 1.807) is 0 Å². The SMILES string of the molecule is CCC(O)N1Cc2ccccc2C#Cc2ccccc21. The van der Waals surface area contributed by atoms with Crippen LogP contribution in [0.4, 0.5) is 5.69 Å². The minimum atomic E-state index is -0.496. The molecule has 100 valence electrons. The van der Waals surface area contributed by atoms with Crippen molar-refractivity contribution in [1.29, 1.82) is 0 Å². The molecule has 0 aromatic heterocycles. The summed E-state index contributed by atoms with van der Waals surface area (Å²) in [6.45, 7) is 2.67. The molecule has 0 saturated carbocycles. The summed E-state index contributed by atoms with van der Waals surface area (Å²) < 4.78 is 0. The molecule has 1 unspecified atom stereocenters. The molecule has 20 heavy (non-hydrogen) atoms. The fourth-order valence-electron chi connectivity index (χ4n) is 2.50. The van der Waals surface area contributed by atoms with Gasteiger partial charge in [-0.15, -0.1) is 0 Å². The van der Waals surface area contributed by atoms with E-state index in [1.807, 2.05) is 54.3 Å². The highest BCUT2D eigenvalue weighted by molar-refractivity contribution is 5.64. The average molecular weight is 263 g/mol. The van der Waals surface area contributed by atoms with Crippen molar-refractivity contribution in [3.8, 4) is 11.8 Å². The molecule has 1 aliphatic rings. The van der Waals surface area contributed by atoms with Gasteiger partial charge in [0.1, 0.15) is 6.23 Å². The molecule has 0 bridgehead atoms. The van der Waals surface area contributed by atoms with Crippen molar-refractivity contribution in [2.24, 2.45) is 0 Å². The van der Waals surface area contributed by atoms with Crippen LogP contribution < -0.4 is 4.90 Å². The van der Waals surface area contributed by atoms with E-state index in [4.69, 9.17) is 0 Å². The number of aliphatic hydroxyl groups excluding tert-OH is 1. The van der Waals surface area contributed by atoms with Gasteiger partial charge in [-0.3, -0.25) is 0 Å². The van der Waals surface area contributed by atoms with Crippen LogP contribution in [0, 0.1) is 11.8 Å². The standard InChI is InChI=1S/C18H17NO/c1-2-18(20)19-13-16-9-4-3-7-14(16)11-12-15-8-5-6-10-17(15)19/h3-10,18,20H,2,13H2,1H3. The fraction of sp³-hybridized carbons (Fsp3) is 0.222. The lowest BCUT2D eigenvalue weighted by Gasteiger charge is -2.31. The molecule has 0 spiro atoms. The number of aliphatic hydroxyl groups is 1. The van der Waals surface area contributed by atoms with Crippen LogP contribution in [0.3, 0.4) is 0 Å². The van der Waals surface area contributed by atoms with Gasteiger partial charge in [0.15, 0.2) is 0 Å². The van der Waals surface area contributed by atoms with Gasteiger partial charge in [-0.1, -0.05) is 49.1 Å². The molecule has 0 saturated heterocycles. The summed E-state index contributed by atoms with van der Waals surface area (Å²) in [4.78, 5) is 2.03. The van der Waals surface area contributed by atoms with Gasteiger partial charge in [-0.2, -0.15) is 0 Å². The zero-order chi connectivity index (χ0) is 13.9. The quantitative estimate of drug-likeness (QED) is 0.841. The Balaban J connectivity index is 2.17. The molecule has 2 heteroatoms. The average Bonchev–Trinajstić information content (AvgIpc) is 2.49. The Hall–Kier alpha value is -2.24. The summed E-state index contributed by atoms with van der Waals surface area (Å²) >= 11 is 0. The number of nitrogens with zero attached hydrogens (tertiary/aromatic N) is 1. The van der Waals surface area contributed by atoms with E-state index in [2.05, 4.69) is 17.9 Å². The highest BCUT2D eigenvalue weighted by Crippen LogP contribution is 2.27. The molecule has 1 N–H and O–H groups in total. The van der Waals surface area contributed by atoms with Crippen LogP contribution in [0.1, 0.15) is 30.0 Å². The second-order valence-corrected chi connectivity index (χ2v) is 4.94. The van der Waals surface area contributed by atoms with Crippen LogP contribution in [0.5, 0.6) is 0 Å².